The molecule has 0 radical (unpaired) electrons. The lowest BCUT2D eigenvalue weighted by molar-refractivity contribution is 0.199. The van der Waals surface area contributed by atoms with Gasteiger partial charge in [-0.15, -0.1) is 0 Å². The molecule has 116 valence electrons. The van der Waals surface area contributed by atoms with E-state index in [2.05, 4.69) is 41.1 Å². The van der Waals surface area contributed by atoms with Gasteiger partial charge in [0.2, 0.25) is 0 Å². The molecule has 4 heteroatoms. The van der Waals surface area contributed by atoms with Crippen LogP contribution in [0.15, 0.2) is 18.2 Å². The third-order valence-corrected chi connectivity index (χ3v) is 4.95. The van der Waals surface area contributed by atoms with Gasteiger partial charge in [0.05, 0.1) is 0 Å². The Balaban J connectivity index is 1.74. The van der Waals surface area contributed by atoms with E-state index in [9.17, 15) is 0 Å². The minimum absolute atomic E-state index is 0.604. The van der Waals surface area contributed by atoms with Gasteiger partial charge in [-0.1, -0.05) is 24.6 Å². The van der Waals surface area contributed by atoms with Crippen molar-refractivity contribution in [3.05, 3.63) is 28.8 Å². The Kier molecular flexibility index (Phi) is 4.72. The summed E-state index contributed by atoms with van der Waals surface area (Å²) in [4.78, 5) is 5.05. The van der Waals surface area contributed by atoms with E-state index in [1.165, 1.54) is 24.1 Å². The second-order valence-corrected chi connectivity index (χ2v) is 6.79. The first-order chi connectivity index (χ1) is 10.2. The predicted octanol–water partition coefficient (Wildman–Crippen LogP) is 3.12. The van der Waals surface area contributed by atoms with Gasteiger partial charge in [0.25, 0.3) is 0 Å². The van der Waals surface area contributed by atoms with Crippen LogP contribution in [0.1, 0.15) is 32.3 Å². The van der Waals surface area contributed by atoms with Gasteiger partial charge < -0.3 is 10.2 Å². The standard InChI is InChI=1S/C17H26ClN3/c1-3-20-8-9-21(12-13(20)2)17-10-15(18)5-4-14(17)11-19-16-6-7-16/h4-5,10,13,16,19H,3,6-9,11-12H2,1-2H3. The Morgan fingerprint density at radius 3 is 2.76 bits per heavy atom. The number of piperazine rings is 1. The minimum atomic E-state index is 0.604. The van der Waals surface area contributed by atoms with E-state index in [4.69, 9.17) is 11.6 Å². The number of nitrogens with one attached hydrogen (secondary N) is 1. The van der Waals surface area contributed by atoms with Gasteiger partial charge in [0.1, 0.15) is 0 Å². The number of nitrogens with zero attached hydrogens (tertiary/aromatic N) is 2. The summed E-state index contributed by atoms with van der Waals surface area (Å²) in [5.41, 5.74) is 2.70. The second-order valence-electron chi connectivity index (χ2n) is 6.35. The SMILES string of the molecule is CCN1CCN(c2cc(Cl)ccc2CNC2CC2)CC1C. The fourth-order valence-corrected chi connectivity index (χ4v) is 3.37. The molecule has 1 saturated heterocycles. The van der Waals surface area contributed by atoms with E-state index in [0.29, 0.717) is 6.04 Å². The highest BCUT2D eigenvalue weighted by molar-refractivity contribution is 6.30. The number of hydrogen-bond acceptors (Lipinski definition) is 3. The van der Waals surface area contributed by atoms with Crippen molar-refractivity contribution in [3.8, 4) is 0 Å². The molecular weight excluding hydrogens is 282 g/mol. The quantitative estimate of drug-likeness (QED) is 0.901. The van der Waals surface area contributed by atoms with Crippen LogP contribution in [0.2, 0.25) is 5.02 Å². The molecule has 0 spiro atoms. The third-order valence-electron chi connectivity index (χ3n) is 4.72. The molecule has 3 rings (SSSR count). The lowest BCUT2D eigenvalue weighted by Crippen LogP contribution is -2.52. The summed E-state index contributed by atoms with van der Waals surface area (Å²) in [7, 11) is 0. The largest absolute Gasteiger partial charge is 0.368 e. The summed E-state index contributed by atoms with van der Waals surface area (Å²) in [5, 5.41) is 4.46. The van der Waals surface area contributed by atoms with Crippen LogP contribution in [0.3, 0.4) is 0 Å². The van der Waals surface area contributed by atoms with Gasteiger partial charge in [-0.3, -0.25) is 4.90 Å². The van der Waals surface area contributed by atoms with Crippen LogP contribution >= 0.6 is 11.6 Å². The van der Waals surface area contributed by atoms with E-state index in [-0.39, 0.29) is 0 Å². The van der Waals surface area contributed by atoms with Crippen molar-refractivity contribution in [3.63, 3.8) is 0 Å². The molecule has 1 unspecified atom stereocenters. The number of hydrogen-bond donors (Lipinski definition) is 1. The Morgan fingerprint density at radius 1 is 1.29 bits per heavy atom. The molecule has 3 nitrogen and oxygen atoms in total. The molecule has 0 amide bonds. The number of halogens is 1. The maximum Gasteiger partial charge on any atom is 0.0427 e. The van der Waals surface area contributed by atoms with Crippen LogP contribution in [0, 0.1) is 0 Å². The number of benzene rings is 1. The molecule has 2 aliphatic rings. The van der Waals surface area contributed by atoms with E-state index < -0.39 is 0 Å². The zero-order valence-corrected chi connectivity index (χ0v) is 13.9. The average Bonchev–Trinajstić information content (AvgIpc) is 3.30. The summed E-state index contributed by atoms with van der Waals surface area (Å²) in [6.45, 7) is 9.98. The highest BCUT2D eigenvalue weighted by atomic mass is 35.5. The normalized spacial score (nSPS) is 23.6. The molecule has 1 heterocycles. The molecule has 21 heavy (non-hydrogen) atoms. The fourth-order valence-electron chi connectivity index (χ4n) is 3.21. The van der Waals surface area contributed by atoms with E-state index in [0.717, 1.165) is 43.8 Å². The summed E-state index contributed by atoms with van der Waals surface area (Å²) in [5.74, 6) is 0. The van der Waals surface area contributed by atoms with Gasteiger partial charge >= 0.3 is 0 Å². The van der Waals surface area contributed by atoms with Crippen LogP contribution in [0.25, 0.3) is 0 Å². The fraction of sp³-hybridized carbons (Fsp3) is 0.647. The predicted molar refractivity (Wildman–Crippen MR) is 90.2 cm³/mol. The van der Waals surface area contributed by atoms with E-state index in [1.54, 1.807) is 0 Å². The van der Waals surface area contributed by atoms with Crippen LogP contribution in [0.5, 0.6) is 0 Å². The van der Waals surface area contributed by atoms with Crippen molar-refractivity contribution >= 4 is 17.3 Å². The third kappa shape index (κ3) is 3.71. The van der Waals surface area contributed by atoms with E-state index in [1.807, 2.05) is 6.07 Å². The smallest absolute Gasteiger partial charge is 0.0427 e. The average molecular weight is 308 g/mol. The zero-order valence-electron chi connectivity index (χ0n) is 13.1. The maximum absolute atomic E-state index is 6.25. The summed E-state index contributed by atoms with van der Waals surface area (Å²) < 4.78 is 0. The summed E-state index contributed by atoms with van der Waals surface area (Å²) in [6, 6.07) is 7.68. The second kappa shape index (κ2) is 6.55. The molecule has 1 aliphatic carbocycles. The molecule has 1 aromatic rings. The van der Waals surface area contributed by atoms with Crippen LogP contribution < -0.4 is 10.2 Å². The van der Waals surface area contributed by atoms with Gasteiger partial charge in [-0.05, 0) is 44.0 Å². The molecule has 0 bridgehead atoms. The Labute approximate surface area is 133 Å². The maximum atomic E-state index is 6.25. The van der Waals surface area contributed by atoms with Crippen molar-refractivity contribution in [2.75, 3.05) is 31.1 Å². The monoisotopic (exact) mass is 307 g/mol. The topological polar surface area (TPSA) is 18.5 Å². The van der Waals surface area contributed by atoms with Crippen molar-refractivity contribution in [2.45, 2.75) is 45.3 Å². The van der Waals surface area contributed by atoms with Crippen LogP contribution in [-0.2, 0) is 6.54 Å². The van der Waals surface area contributed by atoms with Crippen LogP contribution in [-0.4, -0.2) is 43.2 Å². The van der Waals surface area contributed by atoms with Crippen molar-refractivity contribution in [2.24, 2.45) is 0 Å². The zero-order chi connectivity index (χ0) is 14.8. The van der Waals surface area contributed by atoms with Gasteiger partial charge in [0, 0.05) is 49.0 Å². The van der Waals surface area contributed by atoms with Gasteiger partial charge in [0.15, 0.2) is 0 Å². The van der Waals surface area contributed by atoms with Gasteiger partial charge in [-0.2, -0.15) is 0 Å². The highest BCUT2D eigenvalue weighted by Crippen LogP contribution is 2.28. The van der Waals surface area contributed by atoms with Gasteiger partial charge in [-0.25, -0.2) is 0 Å². The van der Waals surface area contributed by atoms with Crippen LogP contribution in [0.4, 0.5) is 5.69 Å². The summed E-state index contributed by atoms with van der Waals surface area (Å²) in [6.07, 6.45) is 2.66. The number of rotatable bonds is 5. The molecule has 1 N–H and O–H groups in total. The molecule has 1 aromatic carbocycles. The van der Waals surface area contributed by atoms with Crippen molar-refractivity contribution in [1.29, 1.82) is 0 Å². The van der Waals surface area contributed by atoms with Crippen molar-refractivity contribution < 1.29 is 0 Å². The number of anilines is 1. The molecule has 2 fully saturated rings. The molecule has 0 aromatic heterocycles. The molecule has 1 aliphatic heterocycles. The van der Waals surface area contributed by atoms with E-state index >= 15 is 0 Å². The Bertz CT molecular complexity index is 487. The highest BCUT2D eigenvalue weighted by Gasteiger charge is 2.25. The lowest BCUT2D eigenvalue weighted by atomic mass is 10.1. The molecule has 1 saturated carbocycles. The number of likely N-dealkylation sites (N-methyl/N-ethyl adjacent to an activating group) is 1. The van der Waals surface area contributed by atoms with Crippen molar-refractivity contribution in [1.82, 2.24) is 10.2 Å². The first kappa shape index (κ1) is 15.1. The summed E-state index contributed by atoms with van der Waals surface area (Å²) >= 11 is 6.25. The Hall–Kier alpha value is -0.770. The minimum Gasteiger partial charge on any atom is -0.368 e. The first-order valence-electron chi connectivity index (χ1n) is 8.18. The first-order valence-corrected chi connectivity index (χ1v) is 8.56. The molecular formula is C17H26ClN3. The molecule has 1 atom stereocenters. The lowest BCUT2D eigenvalue weighted by Gasteiger charge is -2.41. The Morgan fingerprint density at radius 2 is 2.10 bits per heavy atom.